The van der Waals surface area contributed by atoms with Crippen molar-refractivity contribution in [1.29, 1.82) is 0 Å². The lowest BCUT2D eigenvalue weighted by molar-refractivity contribution is 0.0630. The van der Waals surface area contributed by atoms with E-state index in [4.69, 9.17) is 9.47 Å². The maximum atomic E-state index is 13.0. The van der Waals surface area contributed by atoms with E-state index in [1.807, 2.05) is 36.1 Å². The third-order valence-electron chi connectivity index (χ3n) is 5.16. The summed E-state index contributed by atoms with van der Waals surface area (Å²) < 4.78 is 10.7. The summed E-state index contributed by atoms with van der Waals surface area (Å²) in [4.78, 5) is 15.0. The summed E-state index contributed by atoms with van der Waals surface area (Å²) in [6.07, 6.45) is 2.05. The normalized spacial score (nSPS) is 16.8. The topological polar surface area (TPSA) is 38.8 Å². The summed E-state index contributed by atoms with van der Waals surface area (Å²) in [5.41, 5.74) is 5.15. The molecule has 1 fully saturated rings. The summed E-state index contributed by atoms with van der Waals surface area (Å²) >= 11 is 0. The molecule has 0 unspecified atom stereocenters. The van der Waals surface area contributed by atoms with Crippen LogP contribution in [0.4, 0.5) is 0 Å². The van der Waals surface area contributed by atoms with Gasteiger partial charge in [0, 0.05) is 19.2 Å². The van der Waals surface area contributed by atoms with Crippen molar-refractivity contribution in [3.63, 3.8) is 0 Å². The molecule has 0 N–H and O–H groups in total. The number of carbonyl (C=O) groups is 1. The molecule has 0 saturated carbocycles. The quantitative estimate of drug-likeness (QED) is 0.807. The smallest absolute Gasteiger partial charge is 0.254 e. The Morgan fingerprint density at radius 2 is 1.96 bits per heavy atom. The number of nitrogens with zero attached hydrogens (tertiary/aromatic N) is 1. The summed E-state index contributed by atoms with van der Waals surface area (Å²) in [6.45, 7) is 5.51. The SMILES string of the molecule is COC[C@@H]1CCCN1C(=O)c1cccc(-c2cc(C)c(OC)cc2C)c1. The van der Waals surface area contributed by atoms with Crippen molar-refractivity contribution in [2.45, 2.75) is 32.7 Å². The van der Waals surface area contributed by atoms with Crippen molar-refractivity contribution >= 4 is 5.91 Å². The van der Waals surface area contributed by atoms with E-state index in [0.717, 1.165) is 53.0 Å². The Kier molecular flexibility index (Phi) is 5.62. The van der Waals surface area contributed by atoms with Crippen LogP contribution < -0.4 is 4.74 Å². The van der Waals surface area contributed by atoms with E-state index < -0.39 is 0 Å². The van der Waals surface area contributed by atoms with Gasteiger partial charge in [-0.3, -0.25) is 4.79 Å². The lowest BCUT2D eigenvalue weighted by Crippen LogP contribution is -2.38. The van der Waals surface area contributed by atoms with Gasteiger partial charge in [0.15, 0.2) is 0 Å². The molecule has 4 nitrogen and oxygen atoms in total. The molecule has 1 aliphatic heterocycles. The first-order valence-electron chi connectivity index (χ1n) is 9.10. The van der Waals surface area contributed by atoms with Crippen LogP contribution in [0.1, 0.15) is 34.3 Å². The Morgan fingerprint density at radius 3 is 2.69 bits per heavy atom. The number of likely N-dealkylation sites (tertiary alicyclic amines) is 1. The van der Waals surface area contributed by atoms with Crippen LogP contribution in [0.25, 0.3) is 11.1 Å². The highest BCUT2D eigenvalue weighted by Gasteiger charge is 2.29. The summed E-state index contributed by atoms with van der Waals surface area (Å²) in [7, 11) is 3.38. The van der Waals surface area contributed by atoms with Gasteiger partial charge in [0.25, 0.3) is 5.91 Å². The first-order chi connectivity index (χ1) is 12.5. The summed E-state index contributed by atoms with van der Waals surface area (Å²) in [5.74, 6) is 0.979. The zero-order valence-corrected chi connectivity index (χ0v) is 16.0. The summed E-state index contributed by atoms with van der Waals surface area (Å²) in [5, 5.41) is 0. The highest BCUT2D eigenvalue weighted by Crippen LogP contribution is 2.31. The largest absolute Gasteiger partial charge is 0.496 e. The van der Waals surface area contributed by atoms with Gasteiger partial charge in [0.2, 0.25) is 0 Å². The minimum atomic E-state index is 0.0919. The Balaban J connectivity index is 1.91. The van der Waals surface area contributed by atoms with Crippen molar-refractivity contribution in [2.24, 2.45) is 0 Å². The molecule has 1 amide bonds. The fourth-order valence-corrected chi connectivity index (χ4v) is 3.77. The maximum absolute atomic E-state index is 13.0. The van der Waals surface area contributed by atoms with E-state index >= 15 is 0 Å². The molecular weight excluding hydrogens is 326 g/mol. The molecule has 1 atom stereocenters. The highest BCUT2D eigenvalue weighted by atomic mass is 16.5. The average Bonchev–Trinajstić information content (AvgIpc) is 3.11. The molecule has 138 valence electrons. The monoisotopic (exact) mass is 353 g/mol. The predicted molar refractivity (Wildman–Crippen MR) is 104 cm³/mol. The minimum Gasteiger partial charge on any atom is -0.496 e. The molecule has 0 aromatic heterocycles. The standard InChI is InChI=1S/C22H27NO3/c1-15-12-21(26-4)16(2)11-20(15)17-7-5-8-18(13-17)22(24)23-10-6-9-19(23)14-25-3/h5,7-8,11-13,19H,6,9-10,14H2,1-4H3/t19-/m0/s1. The van der Waals surface area contributed by atoms with Gasteiger partial charge in [-0.2, -0.15) is 0 Å². The summed E-state index contributed by atoms with van der Waals surface area (Å²) in [6, 6.07) is 12.3. The van der Waals surface area contributed by atoms with Gasteiger partial charge in [0.05, 0.1) is 19.8 Å². The number of ether oxygens (including phenoxy) is 2. The maximum Gasteiger partial charge on any atom is 0.254 e. The second-order valence-corrected chi connectivity index (χ2v) is 6.97. The molecular formula is C22H27NO3. The molecule has 3 rings (SSSR count). The fourth-order valence-electron chi connectivity index (χ4n) is 3.77. The molecule has 4 heteroatoms. The number of amides is 1. The third-order valence-corrected chi connectivity index (χ3v) is 5.16. The van der Waals surface area contributed by atoms with Crippen LogP contribution in [-0.2, 0) is 4.74 Å². The van der Waals surface area contributed by atoms with Gasteiger partial charge in [-0.05, 0) is 73.2 Å². The number of methoxy groups -OCH3 is 2. The molecule has 2 aromatic rings. The van der Waals surface area contributed by atoms with Gasteiger partial charge >= 0.3 is 0 Å². The van der Waals surface area contributed by atoms with E-state index in [9.17, 15) is 4.79 Å². The van der Waals surface area contributed by atoms with Gasteiger partial charge in [-0.25, -0.2) is 0 Å². The Labute approximate surface area is 155 Å². The van der Waals surface area contributed by atoms with Crippen molar-refractivity contribution in [1.82, 2.24) is 4.90 Å². The zero-order chi connectivity index (χ0) is 18.7. The first-order valence-corrected chi connectivity index (χ1v) is 9.10. The van der Waals surface area contributed by atoms with Gasteiger partial charge in [-0.1, -0.05) is 12.1 Å². The molecule has 0 spiro atoms. The van der Waals surface area contributed by atoms with Crippen LogP contribution in [0.3, 0.4) is 0 Å². The molecule has 0 bridgehead atoms. The minimum absolute atomic E-state index is 0.0919. The number of rotatable bonds is 5. The van der Waals surface area contributed by atoms with E-state index in [-0.39, 0.29) is 11.9 Å². The molecule has 1 saturated heterocycles. The van der Waals surface area contributed by atoms with Crippen LogP contribution in [-0.4, -0.2) is 44.2 Å². The molecule has 0 aliphatic carbocycles. The van der Waals surface area contributed by atoms with Gasteiger partial charge in [-0.15, -0.1) is 0 Å². The lowest BCUT2D eigenvalue weighted by atomic mass is 9.96. The number of hydrogen-bond donors (Lipinski definition) is 0. The van der Waals surface area contributed by atoms with Gasteiger partial charge in [0.1, 0.15) is 5.75 Å². The average molecular weight is 353 g/mol. The van der Waals surface area contributed by atoms with Crippen LogP contribution in [0.5, 0.6) is 5.75 Å². The molecule has 1 heterocycles. The van der Waals surface area contributed by atoms with E-state index in [2.05, 4.69) is 19.1 Å². The Bertz CT molecular complexity index is 800. The van der Waals surface area contributed by atoms with Crippen LogP contribution >= 0.6 is 0 Å². The molecule has 2 aromatic carbocycles. The lowest BCUT2D eigenvalue weighted by Gasteiger charge is -2.24. The van der Waals surface area contributed by atoms with Crippen molar-refractivity contribution in [3.8, 4) is 16.9 Å². The second kappa shape index (κ2) is 7.92. The fraction of sp³-hybridized carbons (Fsp3) is 0.409. The number of carbonyl (C=O) groups excluding carboxylic acids is 1. The van der Waals surface area contributed by atoms with Crippen molar-refractivity contribution in [3.05, 3.63) is 53.1 Å². The molecule has 26 heavy (non-hydrogen) atoms. The predicted octanol–water partition coefficient (Wildman–Crippen LogP) is 4.23. The Hall–Kier alpha value is -2.33. The number of benzene rings is 2. The van der Waals surface area contributed by atoms with Crippen molar-refractivity contribution in [2.75, 3.05) is 27.4 Å². The highest BCUT2D eigenvalue weighted by molar-refractivity contribution is 5.96. The van der Waals surface area contributed by atoms with E-state index in [1.54, 1.807) is 14.2 Å². The Morgan fingerprint density at radius 1 is 1.15 bits per heavy atom. The second-order valence-electron chi connectivity index (χ2n) is 6.97. The number of aryl methyl sites for hydroxylation is 2. The first kappa shape index (κ1) is 18.5. The zero-order valence-electron chi connectivity index (χ0n) is 16.0. The van der Waals surface area contributed by atoms with Crippen LogP contribution in [0.15, 0.2) is 36.4 Å². The van der Waals surface area contributed by atoms with Crippen LogP contribution in [0, 0.1) is 13.8 Å². The van der Waals surface area contributed by atoms with Crippen molar-refractivity contribution < 1.29 is 14.3 Å². The number of hydrogen-bond acceptors (Lipinski definition) is 3. The third kappa shape index (κ3) is 3.61. The van der Waals surface area contributed by atoms with E-state index in [1.165, 1.54) is 0 Å². The molecule has 0 radical (unpaired) electrons. The van der Waals surface area contributed by atoms with E-state index in [0.29, 0.717) is 6.61 Å². The van der Waals surface area contributed by atoms with Crippen LogP contribution in [0.2, 0.25) is 0 Å². The molecule has 1 aliphatic rings. The van der Waals surface area contributed by atoms with Gasteiger partial charge < -0.3 is 14.4 Å².